The largest absolute Gasteiger partial charge is 0.508 e. The fourth-order valence-electron chi connectivity index (χ4n) is 4.05. The third-order valence-electron chi connectivity index (χ3n) is 4.95. The summed E-state index contributed by atoms with van der Waals surface area (Å²) in [6, 6.07) is 13.0. The second kappa shape index (κ2) is 4.88. The predicted molar refractivity (Wildman–Crippen MR) is 85.6 cm³/mol. The smallest absolute Gasteiger partial charge is 0.116 e. The zero-order valence-corrected chi connectivity index (χ0v) is 12.5. The van der Waals surface area contributed by atoms with E-state index in [2.05, 4.69) is 36.1 Å². The summed E-state index contributed by atoms with van der Waals surface area (Å²) in [7, 11) is 0. The molecule has 1 atom stereocenters. The third-order valence-corrected chi connectivity index (χ3v) is 4.95. The van der Waals surface area contributed by atoms with Crippen molar-refractivity contribution in [3.05, 3.63) is 53.1 Å². The molecule has 2 nitrogen and oxygen atoms in total. The Kier molecular flexibility index (Phi) is 3.00. The number of hydrogen-bond donors (Lipinski definition) is 1. The van der Waals surface area contributed by atoms with Crippen LogP contribution in [0.3, 0.4) is 0 Å². The molecule has 0 amide bonds. The molecular weight excluding hydrogens is 258 g/mol. The van der Waals surface area contributed by atoms with Crippen molar-refractivity contribution in [2.24, 2.45) is 0 Å². The van der Waals surface area contributed by atoms with Crippen molar-refractivity contribution in [3.8, 4) is 16.9 Å². The van der Waals surface area contributed by atoms with Crippen molar-refractivity contribution < 1.29 is 5.11 Å². The summed E-state index contributed by atoms with van der Waals surface area (Å²) in [5.41, 5.74) is 6.93. The molecule has 0 bridgehead atoms. The van der Waals surface area contributed by atoms with Crippen molar-refractivity contribution in [1.82, 2.24) is 4.90 Å². The van der Waals surface area contributed by atoms with Crippen LogP contribution in [0.4, 0.5) is 0 Å². The van der Waals surface area contributed by atoms with Gasteiger partial charge in [-0.3, -0.25) is 4.90 Å². The first-order valence-corrected chi connectivity index (χ1v) is 7.96. The summed E-state index contributed by atoms with van der Waals surface area (Å²) in [4.78, 5) is 2.64. The maximum atomic E-state index is 9.85. The number of phenolic OH excluding ortho intramolecular Hbond substituents is 1. The van der Waals surface area contributed by atoms with Crippen molar-refractivity contribution in [1.29, 1.82) is 0 Å². The van der Waals surface area contributed by atoms with Crippen LogP contribution in [-0.2, 0) is 12.8 Å². The average molecular weight is 279 g/mol. The molecule has 1 heterocycles. The van der Waals surface area contributed by atoms with E-state index >= 15 is 0 Å². The fourth-order valence-corrected chi connectivity index (χ4v) is 4.05. The highest BCUT2D eigenvalue weighted by Gasteiger charge is 2.33. The van der Waals surface area contributed by atoms with Crippen LogP contribution in [0, 0.1) is 0 Å². The van der Waals surface area contributed by atoms with Gasteiger partial charge in [-0.15, -0.1) is 0 Å². The van der Waals surface area contributed by atoms with E-state index in [0.717, 1.165) is 12.8 Å². The van der Waals surface area contributed by atoms with Crippen molar-refractivity contribution >= 4 is 0 Å². The average Bonchev–Trinajstić information content (AvgIpc) is 2.51. The molecule has 0 fully saturated rings. The van der Waals surface area contributed by atoms with E-state index in [1.807, 2.05) is 12.1 Å². The van der Waals surface area contributed by atoms with Crippen LogP contribution < -0.4 is 0 Å². The van der Waals surface area contributed by atoms with Gasteiger partial charge in [-0.25, -0.2) is 0 Å². The second-order valence-electron chi connectivity index (χ2n) is 6.23. The highest BCUT2D eigenvalue weighted by molar-refractivity contribution is 5.76. The van der Waals surface area contributed by atoms with Gasteiger partial charge in [-0.1, -0.05) is 31.2 Å². The van der Waals surface area contributed by atoms with E-state index in [4.69, 9.17) is 0 Å². The van der Waals surface area contributed by atoms with Crippen LogP contribution in [0.1, 0.15) is 36.1 Å². The Bertz CT molecular complexity index is 692. The van der Waals surface area contributed by atoms with Gasteiger partial charge in [0, 0.05) is 12.6 Å². The molecule has 0 saturated heterocycles. The summed E-state index contributed by atoms with van der Waals surface area (Å²) in [6.07, 6.45) is 3.42. The van der Waals surface area contributed by atoms with E-state index in [1.165, 1.54) is 47.3 Å². The third kappa shape index (κ3) is 1.97. The van der Waals surface area contributed by atoms with Gasteiger partial charge < -0.3 is 5.11 Å². The lowest BCUT2D eigenvalue weighted by atomic mass is 9.77. The van der Waals surface area contributed by atoms with Crippen LogP contribution in [0.25, 0.3) is 11.1 Å². The molecule has 0 saturated carbocycles. The van der Waals surface area contributed by atoms with Gasteiger partial charge >= 0.3 is 0 Å². The lowest BCUT2D eigenvalue weighted by Gasteiger charge is -2.41. The monoisotopic (exact) mass is 279 g/mol. The SMILES string of the molecule is CCCN1CCc2cccc3c2C1Cc1ccc(O)cc1-3. The standard InChI is InChI=1S/C19H21NO/c1-2-9-20-10-8-13-4-3-5-16-17-12-15(21)7-6-14(17)11-18(20)19(13)16/h3-7,12,18,21H,2,8-11H2,1H3. The number of benzene rings is 2. The molecule has 1 aliphatic heterocycles. The number of rotatable bonds is 2. The first kappa shape index (κ1) is 12.9. The van der Waals surface area contributed by atoms with E-state index < -0.39 is 0 Å². The number of phenols is 1. The minimum absolute atomic E-state index is 0.367. The zero-order valence-electron chi connectivity index (χ0n) is 12.5. The second-order valence-corrected chi connectivity index (χ2v) is 6.23. The van der Waals surface area contributed by atoms with Gasteiger partial charge in [0.2, 0.25) is 0 Å². The first-order chi connectivity index (χ1) is 10.3. The Morgan fingerprint density at radius 2 is 2.05 bits per heavy atom. The van der Waals surface area contributed by atoms with Crippen LogP contribution in [-0.4, -0.2) is 23.1 Å². The Hall–Kier alpha value is -1.80. The maximum Gasteiger partial charge on any atom is 0.116 e. The topological polar surface area (TPSA) is 23.5 Å². The first-order valence-electron chi connectivity index (χ1n) is 7.96. The van der Waals surface area contributed by atoms with E-state index in [9.17, 15) is 5.11 Å². The van der Waals surface area contributed by atoms with Crippen LogP contribution in [0.2, 0.25) is 0 Å². The van der Waals surface area contributed by atoms with Gasteiger partial charge in [0.25, 0.3) is 0 Å². The molecule has 4 rings (SSSR count). The quantitative estimate of drug-likeness (QED) is 0.900. The zero-order chi connectivity index (χ0) is 14.4. The number of aromatic hydroxyl groups is 1. The Labute approximate surface area is 126 Å². The van der Waals surface area contributed by atoms with Crippen molar-refractivity contribution in [3.63, 3.8) is 0 Å². The Balaban J connectivity index is 1.91. The van der Waals surface area contributed by atoms with Gasteiger partial charge in [0.1, 0.15) is 5.75 Å². The maximum absolute atomic E-state index is 9.85. The summed E-state index contributed by atoms with van der Waals surface area (Å²) in [5, 5.41) is 9.85. The van der Waals surface area contributed by atoms with E-state index in [0.29, 0.717) is 11.8 Å². The Morgan fingerprint density at radius 3 is 2.90 bits per heavy atom. The lowest BCUT2D eigenvalue weighted by molar-refractivity contribution is 0.183. The summed E-state index contributed by atoms with van der Waals surface area (Å²) in [6.45, 7) is 4.60. The fraction of sp³-hybridized carbons (Fsp3) is 0.368. The molecule has 2 aromatic carbocycles. The molecule has 2 aliphatic rings. The molecule has 2 heteroatoms. The minimum Gasteiger partial charge on any atom is -0.508 e. The van der Waals surface area contributed by atoms with Gasteiger partial charge in [0.15, 0.2) is 0 Å². The summed E-state index contributed by atoms with van der Waals surface area (Å²) in [5.74, 6) is 0.367. The molecule has 0 radical (unpaired) electrons. The lowest BCUT2D eigenvalue weighted by Crippen LogP contribution is -2.38. The van der Waals surface area contributed by atoms with Crippen molar-refractivity contribution in [2.75, 3.05) is 13.1 Å². The molecule has 1 aliphatic carbocycles. The number of hydrogen-bond acceptors (Lipinski definition) is 2. The number of nitrogens with zero attached hydrogens (tertiary/aromatic N) is 1. The molecule has 0 aromatic heterocycles. The normalized spacial score (nSPS) is 20.0. The van der Waals surface area contributed by atoms with Gasteiger partial charge in [-0.05, 0) is 65.8 Å². The van der Waals surface area contributed by atoms with E-state index in [1.54, 1.807) is 0 Å². The Morgan fingerprint density at radius 1 is 1.14 bits per heavy atom. The molecule has 1 unspecified atom stereocenters. The highest BCUT2D eigenvalue weighted by atomic mass is 16.3. The highest BCUT2D eigenvalue weighted by Crippen LogP contribution is 2.45. The number of fused-ring (bicyclic) bond motifs is 2. The molecule has 0 spiro atoms. The van der Waals surface area contributed by atoms with Crippen LogP contribution in [0.15, 0.2) is 36.4 Å². The molecule has 2 aromatic rings. The molecule has 21 heavy (non-hydrogen) atoms. The van der Waals surface area contributed by atoms with Gasteiger partial charge in [-0.2, -0.15) is 0 Å². The molecule has 108 valence electrons. The summed E-state index contributed by atoms with van der Waals surface area (Å²) < 4.78 is 0. The molecule has 1 N–H and O–H groups in total. The summed E-state index contributed by atoms with van der Waals surface area (Å²) >= 11 is 0. The predicted octanol–water partition coefficient (Wildman–Crippen LogP) is 3.92. The van der Waals surface area contributed by atoms with Crippen molar-refractivity contribution in [2.45, 2.75) is 32.2 Å². The minimum atomic E-state index is 0.367. The van der Waals surface area contributed by atoms with Crippen LogP contribution >= 0.6 is 0 Å². The van der Waals surface area contributed by atoms with E-state index in [-0.39, 0.29) is 0 Å². The molecular formula is C19H21NO. The van der Waals surface area contributed by atoms with Gasteiger partial charge in [0.05, 0.1) is 0 Å². The van der Waals surface area contributed by atoms with Crippen LogP contribution in [0.5, 0.6) is 5.75 Å².